The van der Waals surface area contributed by atoms with Crippen molar-refractivity contribution in [3.05, 3.63) is 69.5 Å². The van der Waals surface area contributed by atoms with Gasteiger partial charge in [-0.1, -0.05) is 24.3 Å². The number of carbonyl (C=O) groups excluding carboxylic acids is 1. The van der Waals surface area contributed by atoms with E-state index in [2.05, 4.69) is 13.8 Å². The second-order valence-corrected chi connectivity index (χ2v) is 10.1. The van der Waals surface area contributed by atoms with Gasteiger partial charge in [0.15, 0.2) is 0 Å². The molecule has 0 spiro atoms. The number of ketones is 1. The summed E-state index contributed by atoms with van der Waals surface area (Å²) in [6.45, 7) is 4.27. The van der Waals surface area contributed by atoms with Crippen molar-refractivity contribution in [1.29, 1.82) is 0 Å². The van der Waals surface area contributed by atoms with Crippen LogP contribution in [0.2, 0.25) is 0 Å². The maximum Gasteiger partial charge on any atom is 0.205 e. The molecule has 0 bridgehead atoms. The van der Waals surface area contributed by atoms with E-state index in [0.717, 1.165) is 32.4 Å². The van der Waals surface area contributed by atoms with Crippen molar-refractivity contribution in [1.82, 2.24) is 0 Å². The van der Waals surface area contributed by atoms with Gasteiger partial charge < -0.3 is 9.47 Å². The molecule has 2 aromatic rings. The molecule has 0 atom stereocenters. The average Bonchev–Trinajstić information content (AvgIpc) is 2.66. The third-order valence-corrected chi connectivity index (χ3v) is 6.52. The SMILES string of the molecule is COc1ccc(/C=C2/SC(C)(C)S/C(=C/c3ccc(OC)cc3)C2=O)cc1. The Bertz CT molecular complexity index is 807. The van der Waals surface area contributed by atoms with Gasteiger partial charge in [0.2, 0.25) is 5.78 Å². The van der Waals surface area contributed by atoms with Gasteiger partial charge in [-0.05, 0) is 61.4 Å². The smallest absolute Gasteiger partial charge is 0.205 e. The number of Topliss-reactive ketones (excluding diaryl/α,β-unsaturated/α-hetero) is 1. The normalized spacial score (nSPS) is 19.3. The first-order chi connectivity index (χ1) is 12.9. The lowest BCUT2D eigenvalue weighted by Gasteiger charge is -2.30. The van der Waals surface area contributed by atoms with Crippen LogP contribution >= 0.6 is 23.5 Å². The van der Waals surface area contributed by atoms with E-state index < -0.39 is 0 Å². The van der Waals surface area contributed by atoms with E-state index >= 15 is 0 Å². The van der Waals surface area contributed by atoms with Crippen molar-refractivity contribution in [3.8, 4) is 11.5 Å². The molecule has 0 unspecified atom stereocenters. The minimum Gasteiger partial charge on any atom is -0.497 e. The number of carbonyl (C=O) groups is 1. The number of ether oxygens (including phenoxy) is 2. The number of rotatable bonds is 4. The van der Waals surface area contributed by atoms with Crippen LogP contribution in [0.1, 0.15) is 25.0 Å². The maximum absolute atomic E-state index is 13.0. The van der Waals surface area contributed by atoms with Crippen LogP contribution < -0.4 is 9.47 Å². The van der Waals surface area contributed by atoms with E-state index in [1.165, 1.54) is 0 Å². The van der Waals surface area contributed by atoms with Crippen LogP contribution in [-0.4, -0.2) is 24.1 Å². The minimum absolute atomic E-state index is 0.0657. The number of methoxy groups -OCH3 is 2. The van der Waals surface area contributed by atoms with Crippen LogP contribution in [0.25, 0.3) is 12.2 Å². The Morgan fingerprint density at radius 1 is 0.741 bits per heavy atom. The number of benzene rings is 2. The summed E-state index contributed by atoms with van der Waals surface area (Å²) in [7, 11) is 3.29. The quantitative estimate of drug-likeness (QED) is 0.602. The molecule has 1 saturated heterocycles. The summed E-state index contributed by atoms with van der Waals surface area (Å²) in [4.78, 5) is 14.5. The lowest BCUT2D eigenvalue weighted by atomic mass is 10.1. The van der Waals surface area contributed by atoms with Gasteiger partial charge in [0.1, 0.15) is 11.5 Å². The zero-order valence-electron chi connectivity index (χ0n) is 15.8. The van der Waals surface area contributed by atoms with E-state index in [0.29, 0.717) is 0 Å². The summed E-state index contributed by atoms with van der Waals surface area (Å²) in [6.07, 6.45) is 3.91. The zero-order valence-corrected chi connectivity index (χ0v) is 17.4. The van der Waals surface area contributed by atoms with Crippen molar-refractivity contribution >= 4 is 41.5 Å². The monoisotopic (exact) mass is 398 g/mol. The zero-order chi connectivity index (χ0) is 19.4. The fourth-order valence-corrected chi connectivity index (χ4v) is 5.28. The number of thioether (sulfide) groups is 2. The van der Waals surface area contributed by atoms with Crippen molar-refractivity contribution in [2.24, 2.45) is 0 Å². The molecule has 0 saturated carbocycles. The van der Waals surface area contributed by atoms with Crippen LogP contribution in [0.5, 0.6) is 11.5 Å². The van der Waals surface area contributed by atoms with E-state index in [1.54, 1.807) is 37.7 Å². The number of allylic oxidation sites excluding steroid dienone is 2. The molecule has 1 aliphatic heterocycles. The number of hydrogen-bond donors (Lipinski definition) is 0. The molecule has 140 valence electrons. The molecule has 27 heavy (non-hydrogen) atoms. The molecule has 2 aromatic carbocycles. The van der Waals surface area contributed by atoms with E-state index in [4.69, 9.17) is 9.47 Å². The van der Waals surface area contributed by atoms with Crippen LogP contribution in [0, 0.1) is 0 Å². The highest BCUT2D eigenvalue weighted by atomic mass is 32.2. The fourth-order valence-electron chi connectivity index (χ4n) is 2.66. The third-order valence-electron chi connectivity index (χ3n) is 3.99. The van der Waals surface area contributed by atoms with Crippen LogP contribution in [0.3, 0.4) is 0 Å². The summed E-state index contributed by atoms with van der Waals surface area (Å²) in [5.74, 6) is 1.67. The predicted octanol–water partition coefficient (Wildman–Crippen LogP) is 5.87. The van der Waals surface area contributed by atoms with Crippen molar-refractivity contribution < 1.29 is 14.3 Å². The molecular weight excluding hydrogens is 376 g/mol. The highest BCUT2D eigenvalue weighted by molar-refractivity contribution is 8.23. The standard InChI is InChI=1S/C22H22O3S2/c1-22(2)26-19(13-15-5-9-17(24-3)10-6-15)21(23)20(27-22)14-16-7-11-18(25-4)12-8-16/h5-14H,1-4H3/b19-13+,20-14+. The van der Waals surface area contributed by atoms with Crippen molar-refractivity contribution in [3.63, 3.8) is 0 Å². The van der Waals surface area contributed by atoms with Gasteiger partial charge >= 0.3 is 0 Å². The van der Waals surface area contributed by atoms with Gasteiger partial charge in [-0.3, -0.25) is 4.79 Å². The molecule has 0 aliphatic carbocycles. The molecule has 0 N–H and O–H groups in total. The average molecular weight is 399 g/mol. The first-order valence-corrected chi connectivity index (χ1v) is 10.2. The Hall–Kier alpha value is -2.11. The largest absolute Gasteiger partial charge is 0.497 e. The molecule has 1 aliphatic rings. The second-order valence-electron chi connectivity index (χ2n) is 6.50. The van der Waals surface area contributed by atoms with E-state index in [-0.39, 0.29) is 9.86 Å². The van der Waals surface area contributed by atoms with Crippen LogP contribution in [0.4, 0.5) is 0 Å². The molecule has 3 rings (SSSR count). The maximum atomic E-state index is 13.0. The molecule has 1 fully saturated rings. The molecule has 0 radical (unpaired) electrons. The fraction of sp³-hybridized carbons (Fsp3) is 0.227. The first kappa shape index (κ1) is 19.6. The van der Waals surface area contributed by atoms with E-state index in [1.807, 2.05) is 60.7 Å². The summed E-state index contributed by atoms with van der Waals surface area (Å²) in [6, 6.07) is 15.4. The van der Waals surface area contributed by atoms with Gasteiger partial charge in [-0.15, -0.1) is 23.5 Å². The summed E-state index contributed by atoms with van der Waals surface area (Å²) >= 11 is 3.21. The molecule has 0 amide bonds. The highest BCUT2D eigenvalue weighted by Crippen LogP contribution is 2.51. The Morgan fingerprint density at radius 2 is 1.11 bits per heavy atom. The lowest BCUT2D eigenvalue weighted by Crippen LogP contribution is -2.20. The Labute approximate surface area is 168 Å². The Balaban J connectivity index is 1.92. The van der Waals surface area contributed by atoms with E-state index in [9.17, 15) is 4.79 Å². The third kappa shape index (κ3) is 4.99. The van der Waals surface area contributed by atoms with Gasteiger partial charge in [0.05, 0.1) is 28.1 Å². The first-order valence-electron chi connectivity index (χ1n) is 8.54. The summed E-state index contributed by atoms with van der Waals surface area (Å²) < 4.78 is 10.3. The van der Waals surface area contributed by atoms with Crippen LogP contribution in [-0.2, 0) is 4.79 Å². The Kier molecular flexibility index (Phi) is 6.02. The molecular formula is C22H22O3S2. The topological polar surface area (TPSA) is 35.5 Å². The van der Waals surface area contributed by atoms with Gasteiger partial charge in [0, 0.05) is 0 Å². The highest BCUT2D eigenvalue weighted by Gasteiger charge is 2.34. The number of hydrogen-bond acceptors (Lipinski definition) is 5. The van der Waals surface area contributed by atoms with Crippen LogP contribution in [0.15, 0.2) is 58.3 Å². The molecule has 3 nitrogen and oxygen atoms in total. The Morgan fingerprint density at radius 3 is 1.44 bits per heavy atom. The molecule has 5 heteroatoms. The van der Waals surface area contributed by atoms with Crippen molar-refractivity contribution in [2.45, 2.75) is 17.9 Å². The van der Waals surface area contributed by atoms with Gasteiger partial charge in [-0.2, -0.15) is 0 Å². The summed E-state index contributed by atoms with van der Waals surface area (Å²) in [5, 5.41) is 0. The van der Waals surface area contributed by atoms with Crippen molar-refractivity contribution in [2.75, 3.05) is 14.2 Å². The minimum atomic E-state index is -0.121. The summed E-state index contributed by atoms with van der Waals surface area (Å²) in [5.41, 5.74) is 1.97. The molecule has 0 aromatic heterocycles. The predicted molar refractivity (Wildman–Crippen MR) is 116 cm³/mol. The van der Waals surface area contributed by atoms with Gasteiger partial charge in [-0.25, -0.2) is 0 Å². The second kappa shape index (κ2) is 8.28. The lowest BCUT2D eigenvalue weighted by molar-refractivity contribution is -0.110. The molecule has 1 heterocycles. The van der Waals surface area contributed by atoms with Gasteiger partial charge in [0.25, 0.3) is 0 Å².